The van der Waals surface area contributed by atoms with Gasteiger partial charge in [0.1, 0.15) is 0 Å². The van der Waals surface area contributed by atoms with Crippen LogP contribution in [0.2, 0.25) is 0 Å². The van der Waals surface area contributed by atoms with Gasteiger partial charge in [-0.1, -0.05) is 6.92 Å². The molecule has 2 aliphatic rings. The van der Waals surface area contributed by atoms with Gasteiger partial charge in [0.2, 0.25) is 5.91 Å². The number of hydrogen-bond donors (Lipinski definition) is 0. The van der Waals surface area contributed by atoms with Crippen LogP contribution in [0.3, 0.4) is 0 Å². The zero-order valence-electron chi connectivity index (χ0n) is 13.9. The van der Waals surface area contributed by atoms with E-state index in [1.807, 2.05) is 0 Å². The molecule has 22 heavy (non-hydrogen) atoms. The molecule has 4 nitrogen and oxygen atoms in total. The van der Waals surface area contributed by atoms with Gasteiger partial charge in [-0.2, -0.15) is 11.3 Å². The number of thiophene rings is 1. The maximum atomic E-state index is 13.0. The summed E-state index contributed by atoms with van der Waals surface area (Å²) in [6.07, 6.45) is 1.03. The zero-order chi connectivity index (χ0) is 15.7. The lowest BCUT2D eigenvalue weighted by atomic mass is 9.78. The third-order valence-electron chi connectivity index (χ3n) is 5.33. The molecule has 0 saturated carbocycles. The minimum atomic E-state index is -0.123. The first-order chi connectivity index (χ1) is 10.5. The van der Waals surface area contributed by atoms with Gasteiger partial charge < -0.3 is 9.80 Å². The Morgan fingerprint density at radius 3 is 2.95 bits per heavy atom. The summed E-state index contributed by atoms with van der Waals surface area (Å²) in [6.45, 7) is 7.98. The molecule has 3 rings (SSSR count). The van der Waals surface area contributed by atoms with Crippen LogP contribution in [0.15, 0.2) is 16.8 Å². The van der Waals surface area contributed by atoms with Crippen molar-refractivity contribution in [3.63, 3.8) is 0 Å². The molecule has 1 aromatic rings. The Morgan fingerprint density at radius 1 is 1.45 bits per heavy atom. The van der Waals surface area contributed by atoms with Crippen molar-refractivity contribution < 1.29 is 4.79 Å². The number of hydrogen-bond acceptors (Lipinski definition) is 4. The van der Waals surface area contributed by atoms with Crippen molar-refractivity contribution in [2.75, 3.05) is 46.8 Å². The molecular formula is C17H27N3OS. The summed E-state index contributed by atoms with van der Waals surface area (Å²) >= 11 is 1.75. The Kier molecular flexibility index (Phi) is 4.57. The highest BCUT2D eigenvalue weighted by Crippen LogP contribution is 2.45. The van der Waals surface area contributed by atoms with Crippen LogP contribution in [0.1, 0.15) is 18.9 Å². The average molecular weight is 321 g/mol. The molecular weight excluding hydrogens is 294 g/mol. The number of likely N-dealkylation sites (N-methyl/N-ethyl adjacent to an activating group) is 1. The van der Waals surface area contributed by atoms with E-state index in [1.54, 1.807) is 11.3 Å². The number of amides is 1. The molecule has 5 heteroatoms. The average Bonchev–Trinajstić information content (AvgIpc) is 3.14. The Labute approximate surface area is 137 Å². The summed E-state index contributed by atoms with van der Waals surface area (Å²) < 4.78 is 0. The van der Waals surface area contributed by atoms with E-state index in [0.717, 1.165) is 45.7 Å². The Hall–Kier alpha value is -0.910. The number of rotatable bonds is 5. The van der Waals surface area contributed by atoms with Gasteiger partial charge in [0.25, 0.3) is 0 Å². The van der Waals surface area contributed by atoms with Crippen molar-refractivity contribution in [3.05, 3.63) is 22.4 Å². The molecule has 2 fully saturated rings. The predicted octanol–water partition coefficient (Wildman–Crippen LogP) is 1.98. The van der Waals surface area contributed by atoms with Crippen molar-refractivity contribution in [2.45, 2.75) is 19.9 Å². The molecule has 2 atom stereocenters. The smallest absolute Gasteiger partial charge is 0.230 e. The summed E-state index contributed by atoms with van der Waals surface area (Å²) in [5.74, 6) is 0.859. The first-order valence-corrected chi connectivity index (χ1v) is 9.13. The fraction of sp³-hybridized carbons (Fsp3) is 0.706. The third kappa shape index (κ3) is 2.94. The van der Waals surface area contributed by atoms with Gasteiger partial charge in [0.05, 0.1) is 5.41 Å². The van der Waals surface area contributed by atoms with Gasteiger partial charge >= 0.3 is 0 Å². The highest BCUT2D eigenvalue weighted by atomic mass is 32.1. The molecule has 2 saturated heterocycles. The van der Waals surface area contributed by atoms with Gasteiger partial charge in [-0.15, -0.1) is 0 Å². The van der Waals surface area contributed by atoms with Crippen LogP contribution >= 0.6 is 11.3 Å². The normalized spacial score (nSPS) is 29.4. The highest BCUT2D eigenvalue weighted by molar-refractivity contribution is 7.07. The van der Waals surface area contributed by atoms with Crippen LogP contribution in [-0.4, -0.2) is 67.4 Å². The summed E-state index contributed by atoms with van der Waals surface area (Å²) in [6, 6.07) is 2.19. The number of likely N-dealkylation sites (tertiary alicyclic amines) is 2. The maximum Gasteiger partial charge on any atom is 0.230 e. The molecule has 1 spiro atoms. The Bertz CT molecular complexity index is 516. The quantitative estimate of drug-likeness (QED) is 0.830. The maximum absolute atomic E-state index is 13.0. The van der Waals surface area contributed by atoms with Crippen LogP contribution in [0.25, 0.3) is 0 Å². The van der Waals surface area contributed by atoms with Gasteiger partial charge in [-0.05, 0) is 48.8 Å². The topological polar surface area (TPSA) is 26.8 Å². The van der Waals surface area contributed by atoms with E-state index in [4.69, 9.17) is 0 Å². The standard InChI is InChI=1S/C17H27N3OS/c1-14-10-19(11-15-4-9-22-12-15)13-17(14)5-6-20(16(17)21)8-7-18(2)3/h4,9,12,14H,5-8,10-11,13H2,1-3H3/t14-,17-/m1/s1. The fourth-order valence-corrected chi connectivity index (χ4v) is 4.60. The second-order valence-electron chi connectivity index (χ2n) is 7.20. The van der Waals surface area contributed by atoms with E-state index in [-0.39, 0.29) is 5.41 Å². The first-order valence-electron chi connectivity index (χ1n) is 8.19. The molecule has 0 aliphatic carbocycles. The SMILES string of the molecule is C[C@@H]1CN(Cc2ccsc2)C[C@]12CCN(CCN(C)C)C2=O. The lowest BCUT2D eigenvalue weighted by molar-refractivity contribution is -0.137. The van der Waals surface area contributed by atoms with Crippen LogP contribution in [0, 0.1) is 11.3 Å². The van der Waals surface area contributed by atoms with Crippen molar-refractivity contribution in [1.82, 2.24) is 14.7 Å². The zero-order valence-corrected chi connectivity index (χ0v) is 14.7. The van der Waals surface area contributed by atoms with E-state index < -0.39 is 0 Å². The molecule has 0 N–H and O–H groups in total. The molecule has 0 unspecified atom stereocenters. The Morgan fingerprint density at radius 2 is 2.27 bits per heavy atom. The molecule has 122 valence electrons. The van der Waals surface area contributed by atoms with Gasteiger partial charge in [0, 0.05) is 39.3 Å². The molecule has 3 heterocycles. The van der Waals surface area contributed by atoms with E-state index in [2.05, 4.69) is 52.5 Å². The molecule has 0 aromatic carbocycles. The summed E-state index contributed by atoms with van der Waals surface area (Å²) in [4.78, 5) is 19.7. The van der Waals surface area contributed by atoms with E-state index >= 15 is 0 Å². The summed E-state index contributed by atoms with van der Waals surface area (Å²) in [7, 11) is 4.13. The summed E-state index contributed by atoms with van der Waals surface area (Å²) in [5.41, 5.74) is 1.26. The van der Waals surface area contributed by atoms with Crippen LogP contribution in [-0.2, 0) is 11.3 Å². The monoisotopic (exact) mass is 321 g/mol. The number of nitrogens with zero attached hydrogens (tertiary/aromatic N) is 3. The minimum absolute atomic E-state index is 0.123. The molecule has 1 aromatic heterocycles. The van der Waals surface area contributed by atoms with Crippen LogP contribution < -0.4 is 0 Å². The van der Waals surface area contributed by atoms with Gasteiger partial charge in [-0.25, -0.2) is 0 Å². The lowest BCUT2D eigenvalue weighted by Crippen LogP contribution is -2.41. The number of carbonyl (C=O) groups excluding carboxylic acids is 1. The van der Waals surface area contributed by atoms with Crippen LogP contribution in [0.4, 0.5) is 0 Å². The van der Waals surface area contributed by atoms with Crippen molar-refractivity contribution in [2.24, 2.45) is 11.3 Å². The van der Waals surface area contributed by atoms with Crippen molar-refractivity contribution in [3.8, 4) is 0 Å². The first kappa shape index (κ1) is 16.0. The number of carbonyl (C=O) groups is 1. The highest BCUT2D eigenvalue weighted by Gasteiger charge is 2.54. The molecule has 1 amide bonds. The van der Waals surface area contributed by atoms with E-state index in [9.17, 15) is 4.79 Å². The van der Waals surface area contributed by atoms with E-state index in [1.165, 1.54) is 5.56 Å². The van der Waals surface area contributed by atoms with Gasteiger partial charge in [0.15, 0.2) is 0 Å². The van der Waals surface area contributed by atoms with Crippen molar-refractivity contribution in [1.29, 1.82) is 0 Å². The largest absolute Gasteiger partial charge is 0.341 e. The van der Waals surface area contributed by atoms with Crippen molar-refractivity contribution >= 4 is 17.2 Å². The Balaban J connectivity index is 1.64. The molecule has 2 aliphatic heterocycles. The minimum Gasteiger partial charge on any atom is -0.341 e. The molecule has 0 radical (unpaired) electrons. The predicted molar refractivity (Wildman–Crippen MR) is 90.9 cm³/mol. The van der Waals surface area contributed by atoms with Gasteiger partial charge in [-0.3, -0.25) is 9.69 Å². The lowest BCUT2D eigenvalue weighted by Gasteiger charge is -2.27. The second-order valence-corrected chi connectivity index (χ2v) is 7.98. The third-order valence-corrected chi connectivity index (χ3v) is 6.06. The fourth-order valence-electron chi connectivity index (χ4n) is 3.94. The van der Waals surface area contributed by atoms with E-state index in [0.29, 0.717) is 11.8 Å². The second kappa shape index (κ2) is 6.30. The van der Waals surface area contributed by atoms with Crippen LogP contribution in [0.5, 0.6) is 0 Å². The molecule has 0 bridgehead atoms. The summed E-state index contributed by atoms with van der Waals surface area (Å²) in [5, 5.41) is 4.35.